The summed E-state index contributed by atoms with van der Waals surface area (Å²) in [5.41, 5.74) is 2.65. The zero-order valence-electron chi connectivity index (χ0n) is 16.7. The van der Waals surface area contributed by atoms with Crippen LogP contribution >= 0.6 is 0 Å². The number of para-hydroxylation sites is 2. The maximum atomic E-state index is 13.0. The van der Waals surface area contributed by atoms with E-state index in [2.05, 4.69) is 24.5 Å². The highest BCUT2D eigenvalue weighted by atomic mass is 16.3. The fourth-order valence-corrected chi connectivity index (χ4v) is 4.23. The molecule has 6 heteroatoms. The molecule has 3 aromatic rings. The third-order valence-corrected chi connectivity index (χ3v) is 5.61. The maximum absolute atomic E-state index is 13.0. The van der Waals surface area contributed by atoms with Crippen molar-refractivity contribution in [3.8, 4) is 5.75 Å². The minimum Gasteiger partial charge on any atom is -0.507 e. The summed E-state index contributed by atoms with van der Waals surface area (Å²) in [6, 6.07) is 12.8. The van der Waals surface area contributed by atoms with Gasteiger partial charge in [-0.2, -0.15) is 0 Å². The Morgan fingerprint density at radius 3 is 2.79 bits per heavy atom. The molecule has 150 valence electrons. The van der Waals surface area contributed by atoms with Crippen LogP contribution < -0.4 is 0 Å². The van der Waals surface area contributed by atoms with Crippen LogP contribution in [0.5, 0.6) is 5.75 Å². The van der Waals surface area contributed by atoms with Gasteiger partial charge in [0.25, 0.3) is 5.91 Å². The van der Waals surface area contributed by atoms with Crippen LogP contribution in [0.3, 0.4) is 0 Å². The molecule has 29 heavy (non-hydrogen) atoms. The van der Waals surface area contributed by atoms with Gasteiger partial charge in [0.2, 0.25) is 0 Å². The number of nitrogens with zero attached hydrogens (tertiary/aromatic N) is 3. The van der Waals surface area contributed by atoms with E-state index in [-0.39, 0.29) is 29.2 Å². The minimum atomic E-state index is -0.120. The van der Waals surface area contributed by atoms with E-state index in [4.69, 9.17) is 4.98 Å². The van der Waals surface area contributed by atoms with Gasteiger partial charge >= 0.3 is 0 Å². The Bertz CT molecular complexity index is 1070. The lowest BCUT2D eigenvalue weighted by molar-refractivity contribution is 0.0703. The highest BCUT2D eigenvalue weighted by Crippen LogP contribution is 2.32. The smallest absolute Gasteiger partial charge is 0.253 e. The Kier molecular flexibility index (Phi) is 5.09. The van der Waals surface area contributed by atoms with Crippen molar-refractivity contribution in [2.45, 2.75) is 38.6 Å². The van der Waals surface area contributed by atoms with Gasteiger partial charge in [-0.15, -0.1) is 0 Å². The first-order valence-corrected chi connectivity index (χ1v) is 10.0. The van der Waals surface area contributed by atoms with Gasteiger partial charge < -0.3 is 14.6 Å². The van der Waals surface area contributed by atoms with Crippen LogP contribution in [0.2, 0.25) is 0 Å². The minimum absolute atomic E-state index is 0.112. The summed E-state index contributed by atoms with van der Waals surface area (Å²) in [5, 5.41) is 9.70. The number of hydrogen-bond donors (Lipinski definition) is 1. The molecule has 0 spiro atoms. The highest BCUT2D eigenvalue weighted by molar-refractivity contribution is 5.96. The fourth-order valence-electron chi connectivity index (χ4n) is 4.23. The number of amides is 1. The average molecular weight is 391 g/mol. The van der Waals surface area contributed by atoms with E-state index in [1.54, 1.807) is 6.07 Å². The van der Waals surface area contributed by atoms with E-state index >= 15 is 0 Å². The molecule has 1 atom stereocenters. The van der Waals surface area contributed by atoms with Crippen LogP contribution in [-0.4, -0.2) is 44.8 Å². The molecule has 1 saturated heterocycles. The van der Waals surface area contributed by atoms with Gasteiger partial charge in [0.15, 0.2) is 6.29 Å². The van der Waals surface area contributed by atoms with Crippen LogP contribution in [0, 0.1) is 0 Å². The van der Waals surface area contributed by atoms with Crippen molar-refractivity contribution < 1.29 is 14.7 Å². The predicted octanol–water partition coefficient (Wildman–Crippen LogP) is 4.16. The van der Waals surface area contributed by atoms with Crippen LogP contribution in [0.1, 0.15) is 65.2 Å². The molecule has 6 nitrogen and oxygen atoms in total. The summed E-state index contributed by atoms with van der Waals surface area (Å²) in [6.45, 7) is 5.57. The molecular weight excluding hydrogens is 366 g/mol. The topological polar surface area (TPSA) is 75.4 Å². The van der Waals surface area contributed by atoms with Crippen LogP contribution in [0.15, 0.2) is 42.5 Å². The molecular formula is C23H25N3O3. The highest BCUT2D eigenvalue weighted by Gasteiger charge is 2.29. The summed E-state index contributed by atoms with van der Waals surface area (Å²) >= 11 is 0. The lowest BCUT2D eigenvalue weighted by atomic mass is 9.96. The first-order valence-electron chi connectivity index (χ1n) is 10.0. The van der Waals surface area contributed by atoms with E-state index in [0.29, 0.717) is 24.9 Å². The van der Waals surface area contributed by atoms with E-state index < -0.39 is 0 Å². The first-order chi connectivity index (χ1) is 14.0. The molecule has 1 N–H and O–H groups in total. The number of aromatic nitrogens is 2. The number of benzene rings is 2. The van der Waals surface area contributed by atoms with Crippen molar-refractivity contribution >= 4 is 23.2 Å². The fraction of sp³-hybridized carbons (Fsp3) is 0.348. The second kappa shape index (κ2) is 7.70. The van der Waals surface area contributed by atoms with Crippen molar-refractivity contribution in [2.24, 2.45) is 0 Å². The van der Waals surface area contributed by atoms with E-state index in [9.17, 15) is 14.7 Å². The number of phenolic OH excluding ortho intramolecular Hbond substituents is 1. The molecule has 0 radical (unpaired) electrons. The van der Waals surface area contributed by atoms with Crippen molar-refractivity contribution in [2.75, 3.05) is 13.1 Å². The Morgan fingerprint density at radius 1 is 1.24 bits per heavy atom. The quantitative estimate of drug-likeness (QED) is 0.678. The number of likely N-dealkylation sites (tertiary alicyclic amines) is 1. The Morgan fingerprint density at radius 2 is 2.03 bits per heavy atom. The first kappa shape index (κ1) is 19.2. The van der Waals surface area contributed by atoms with E-state index in [0.717, 1.165) is 29.7 Å². The average Bonchev–Trinajstić information content (AvgIpc) is 3.13. The number of imidazole rings is 1. The van der Waals surface area contributed by atoms with Gasteiger partial charge in [0.1, 0.15) is 11.6 Å². The monoisotopic (exact) mass is 391 g/mol. The van der Waals surface area contributed by atoms with Crippen LogP contribution in [0.25, 0.3) is 11.0 Å². The number of hydrogen-bond acceptors (Lipinski definition) is 4. The molecule has 1 amide bonds. The summed E-state index contributed by atoms with van der Waals surface area (Å²) in [6.07, 6.45) is 2.45. The van der Waals surface area contributed by atoms with Crippen LogP contribution in [-0.2, 0) is 0 Å². The number of aromatic hydroxyl groups is 1. The maximum Gasteiger partial charge on any atom is 0.253 e. The SMILES string of the molecule is CC(C)n1c(C2CCCN(C(=O)c3ccc(O)c(C=O)c3)C2)nc2ccccc21. The van der Waals surface area contributed by atoms with E-state index in [1.165, 1.54) is 12.1 Å². The number of piperidine rings is 1. The normalized spacial score (nSPS) is 17.1. The van der Waals surface area contributed by atoms with Gasteiger partial charge in [0.05, 0.1) is 16.6 Å². The molecule has 2 heterocycles. The summed E-state index contributed by atoms with van der Waals surface area (Å²) < 4.78 is 2.28. The number of carbonyl (C=O) groups is 2. The second-order valence-electron chi connectivity index (χ2n) is 7.90. The Balaban J connectivity index is 1.64. The van der Waals surface area contributed by atoms with Gasteiger partial charge in [-0.1, -0.05) is 12.1 Å². The van der Waals surface area contributed by atoms with Crippen molar-refractivity contribution in [3.63, 3.8) is 0 Å². The molecule has 1 aliphatic heterocycles. The molecule has 4 rings (SSSR count). The molecule has 1 fully saturated rings. The Hall–Kier alpha value is -3.15. The summed E-state index contributed by atoms with van der Waals surface area (Å²) in [7, 11) is 0. The molecule has 0 bridgehead atoms. The third kappa shape index (κ3) is 3.50. The van der Waals surface area contributed by atoms with E-state index in [1.807, 2.05) is 23.1 Å². The summed E-state index contributed by atoms with van der Waals surface area (Å²) in [4.78, 5) is 30.9. The number of fused-ring (bicyclic) bond motifs is 1. The molecule has 1 unspecified atom stereocenters. The lowest BCUT2D eigenvalue weighted by Gasteiger charge is -2.33. The third-order valence-electron chi connectivity index (χ3n) is 5.61. The van der Waals surface area contributed by atoms with Gasteiger partial charge in [-0.25, -0.2) is 4.98 Å². The Labute approximate surface area is 169 Å². The largest absolute Gasteiger partial charge is 0.507 e. The molecule has 1 aliphatic rings. The van der Waals surface area contributed by atoms with Gasteiger partial charge in [-0.05, 0) is 57.0 Å². The predicted molar refractivity (Wildman–Crippen MR) is 111 cm³/mol. The molecule has 2 aromatic carbocycles. The summed E-state index contributed by atoms with van der Waals surface area (Å²) in [5.74, 6) is 0.951. The van der Waals surface area contributed by atoms with Gasteiger partial charge in [-0.3, -0.25) is 9.59 Å². The number of aldehydes is 1. The number of carbonyl (C=O) groups excluding carboxylic acids is 2. The molecule has 1 aromatic heterocycles. The van der Waals surface area contributed by atoms with Crippen molar-refractivity contribution in [3.05, 3.63) is 59.4 Å². The standard InChI is InChI=1S/C23H25N3O3/c1-15(2)26-20-8-4-3-7-19(20)24-22(26)17-6-5-11-25(13-17)23(29)16-9-10-21(28)18(12-16)14-27/h3-4,7-10,12,14-15,17,28H,5-6,11,13H2,1-2H3. The molecule has 0 saturated carbocycles. The number of phenols is 1. The second-order valence-corrected chi connectivity index (χ2v) is 7.90. The van der Waals surface area contributed by atoms with Crippen LogP contribution in [0.4, 0.5) is 0 Å². The zero-order valence-corrected chi connectivity index (χ0v) is 16.7. The van der Waals surface area contributed by atoms with Gasteiger partial charge in [0, 0.05) is 30.6 Å². The number of rotatable bonds is 4. The van der Waals surface area contributed by atoms with Crippen molar-refractivity contribution in [1.82, 2.24) is 14.5 Å². The lowest BCUT2D eigenvalue weighted by Crippen LogP contribution is -2.39. The zero-order chi connectivity index (χ0) is 20.5. The van der Waals surface area contributed by atoms with Crippen molar-refractivity contribution in [1.29, 1.82) is 0 Å². The molecule has 0 aliphatic carbocycles.